The van der Waals surface area contributed by atoms with Gasteiger partial charge in [0.15, 0.2) is 0 Å². The van der Waals surface area contributed by atoms with Crippen molar-refractivity contribution in [3.05, 3.63) is 0 Å². The van der Waals surface area contributed by atoms with Gasteiger partial charge in [0.25, 0.3) is 0 Å². The zero-order valence-electron chi connectivity index (χ0n) is 11.4. The molecule has 17 heavy (non-hydrogen) atoms. The van der Waals surface area contributed by atoms with Gasteiger partial charge in [0.2, 0.25) is 0 Å². The normalized spacial score (nSPS) is 28.1. The summed E-state index contributed by atoms with van der Waals surface area (Å²) in [5.41, 5.74) is 0. The molecule has 1 aliphatic rings. The monoisotopic (exact) mass is 245 g/mol. The molecule has 0 radical (unpaired) electrons. The van der Waals surface area contributed by atoms with E-state index in [1.807, 2.05) is 0 Å². The molecule has 0 aromatic rings. The zero-order chi connectivity index (χ0) is 12.5. The van der Waals surface area contributed by atoms with Gasteiger partial charge in [-0.1, -0.05) is 13.8 Å². The third-order valence-corrected chi connectivity index (χ3v) is 3.05. The molecule has 0 amide bonds. The van der Waals surface area contributed by atoms with E-state index in [9.17, 15) is 0 Å². The van der Waals surface area contributed by atoms with Crippen LogP contribution in [0.4, 0.5) is 0 Å². The van der Waals surface area contributed by atoms with Crippen molar-refractivity contribution in [3.63, 3.8) is 0 Å². The Kier molecular flexibility index (Phi) is 7.77. The fraction of sp³-hybridized carbons (Fsp3) is 1.00. The highest BCUT2D eigenvalue weighted by Gasteiger charge is 2.42. The first-order valence-electron chi connectivity index (χ1n) is 6.79. The van der Waals surface area contributed by atoms with Crippen LogP contribution in [0.5, 0.6) is 0 Å². The molecule has 0 bridgehead atoms. The van der Waals surface area contributed by atoms with Gasteiger partial charge in [0.1, 0.15) is 0 Å². The maximum Gasteiger partial charge on any atom is 0.0990 e. The molecule has 3 unspecified atom stereocenters. The molecule has 3 atom stereocenters. The molecule has 0 saturated heterocycles. The van der Waals surface area contributed by atoms with Gasteiger partial charge in [-0.05, 0) is 25.8 Å². The van der Waals surface area contributed by atoms with E-state index in [2.05, 4.69) is 19.2 Å². The summed E-state index contributed by atoms with van der Waals surface area (Å²) in [6.45, 7) is 7.61. The summed E-state index contributed by atoms with van der Waals surface area (Å²) >= 11 is 0. The van der Waals surface area contributed by atoms with Gasteiger partial charge in [0, 0.05) is 33.0 Å². The van der Waals surface area contributed by atoms with Crippen molar-refractivity contribution < 1.29 is 14.2 Å². The first kappa shape index (κ1) is 14.9. The summed E-state index contributed by atoms with van der Waals surface area (Å²) in [6.07, 6.45) is 3.58. The second-order valence-electron chi connectivity index (χ2n) is 4.49. The van der Waals surface area contributed by atoms with Crippen LogP contribution in [0.3, 0.4) is 0 Å². The first-order valence-corrected chi connectivity index (χ1v) is 6.79. The summed E-state index contributed by atoms with van der Waals surface area (Å²) in [5.74, 6) is 0. The average molecular weight is 245 g/mol. The van der Waals surface area contributed by atoms with Gasteiger partial charge in [-0.2, -0.15) is 0 Å². The van der Waals surface area contributed by atoms with Gasteiger partial charge in [-0.3, -0.25) is 0 Å². The van der Waals surface area contributed by atoms with Gasteiger partial charge in [0.05, 0.1) is 12.2 Å². The number of rotatable bonds is 10. The van der Waals surface area contributed by atoms with Gasteiger partial charge in [-0.15, -0.1) is 0 Å². The van der Waals surface area contributed by atoms with Gasteiger partial charge >= 0.3 is 0 Å². The van der Waals surface area contributed by atoms with Crippen LogP contribution < -0.4 is 5.32 Å². The quantitative estimate of drug-likeness (QED) is 0.593. The van der Waals surface area contributed by atoms with E-state index in [0.717, 1.165) is 45.6 Å². The van der Waals surface area contributed by atoms with Crippen molar-refractivity contribution in [3.8, 4) is 0 Å². The minimum Gasteiger partial charge on any atom is -0.385 e. The third kappa shape index (κ3) is 4.92. The number of methoxy groups -OCH3 is 1. The Bertz CT molecular complexity index is 190. The highest BCUT2D eigenvalue weighted by Crippen LogP contribution is 2.27. The molecule has 1 fully saturated rings. The van der Waals surface area contributed by atoms with Crippen LogP contribution in [0.15, 0.2) is 0 Å². The highest BCUT2D eigenvalue weighted by molar-refractivity contribution is 4.97. The third-order valence-electron chi connectivity index (χ3n) is 3.05. The van der Waals surface area contributed by atoms with E-state index in [4.69, 9.17) is 14.2 Å². The summed E-state index contributed by atoms with van der Waals surface area (Å²) in [6, 6.07) is 0.471. The van der Waals surface area contributed by atoms with E-state index in [1.165, 1.54) is 0 Å². The van der Waals surface area contributed by atoms with Crippen molar-refractivity contribution in [1.82, 2.24) is 5.32 Å². The van der Waals surface area contributed by atoms with Crippen LogP contribution in [-0.4, -0.2) is 51.7 Å². The molecule has 1 aliphatic carbocycles. The minimum atomic E-state index is 0.234. The maximum absolute atomic E-state index is 5.84. The molecule has 0 heterocycles. The predicted octanol–water partition coefficient (Wildman–Crippen LogP) is 1.59. The van der Waals surface area contributed by atoms with Crippen LogP contribution in [-0.2, 0) is 14.2 Å². The largest absolute Gasteiger partial charge is 0.385 e. The van der Waals surface area contributed by atoms with E-state index in [-0.39, 0.29) is 12.2 Å². The Morgan fingerprint density at radius 3 is 2.59 bits per heavy atom. The summed E-state index contributed by atoms with van der Waals surface area (Å²) < 4.78 is 16.7. The number of nitrogens with one attached hydrogen (secondary N) is 1. The van der Waals surface area contributed by atoms with Crippen molar-refractivity contribution in [2.75, 3.05) is 33.5 Å². The van der Waals surface area contributed by atoms with Crippen LogP contribution in [0.2, 0.25) is 0 Å². The van der Waals surface area contributed by atoms with E-state index < -0.39 is 0 Å². The van der Waals surface area contributed by atoms with Crippen molar-refractivity contribution in [2.45, 2.75) is 51.4 Å². The number of likely N-dealkylation sites (N-methyl/N-ethyl adjacent to an activating group) is 1. The molecule has 1 saturated carbocycles. The molecule has 4 heteroatoms. The van der Waals surface area contributed by atoms with E-state index >= 15 is 0 Å². The second-order valence-corrected chi connectivity index (χ2v) is 4.49. The van der Waals surface area contributed by atoms with Crippen molar-refractivity contribution >= 4 is 0 Å². The molecule has 0 spiro atoms. The minimum absolute atomic E-state index is 0.234. The van der Waals surface area contributed by atoms with E-state index in [1.54, 1.807) is 7.11 Å². The van der Waals surface area contributed by atoms with Crippen LogP contribution in [0.25, 0.3) is 0 Å². The first-order chi connectivity index (χ1) is 8.33. The second kappa shape index (κ2) is 8.86. The van der Waals surface area contributed by atoms with Gasteiger partial charge < -0.3 is 19.5 Å². The molecule has 1 rings (SSSR count). The Morgan fingerprint density at radius 2 is 1.94 bits per heavy atom. The smallest absolute Gasteiger partial charge is 0.0990 e. The molecule has 102 valence electrons. The average Bonchev–Trinajstić information content (AvgIpc) is 2.32. The van der Waals surface area contributed by atoms with Crippen molar-refractivity contribution in [2.24, 2.45) is 0 Å². The highest BCUT2D eigenvalue weighted by atomic mass is 16.5. The lowest BCUT2D eigenvalue weighted by molar-refractivity contribution is -0.148. The molecule has 0 aliphatic heterocycles. The maximum atomic E-state index is 5.84. The van der Waals surface area contributed by atoms with Crippen molar-refractivity contribution in [1.29, 1.82) is 0 Å². The van der Waals surface area contributed by atoms with Crippen LogP contribution in [0.1, 0.15) is 33.1 Å². The lowest BCUT2D eigenvalue weighted by Crippen LogP contribution is -2.60. The molecule has 0 aromatic carbocycles. The lowest BCUT2D eigenvalue weighted by atomic mass is 9.85. The fourth-order valence-corrected chi connectivity index (χ4v) is 2.12. The van der Waals surface area contributed by atoms with Crippen LogP contribution >= 0.6 is 0 Å². The summed E-state index contributed by atoms with van der Waals surface area (Å²) in [5, 5.41) is 3.44. The number of hydrogen-bond donors (Lipinski definition) is 1. The van der Waals surface area contributed by atoms with E-state index in [0.29, 0.717) is 6.04 Å². The Labute approximate surface area is 105 Å². The number of ether oxygens (including phenoxy) is 3. The fourth-order valence-electron chi connectivity index (χ4n) is 2.12. The van der Waals surface area contributed by atoms with Crippen LogP contribution in [0, 0.1) is 0 Å². The summed E-state index contributed by atoms with van der Waals surface area (Å²) in [4.78, 5) is 0. The van der Waals surface area contributed by atoms with Gasteiger partial charge in [-0.25, -0.2) is 0 Å². The lowest BCUT2D eigenvalue weighted by Gasteiger charge is -2.44. The Hall–Kier alpha value is -0.160. The molecule has 1 N–H and O–H groups in total. The topological polar surface area (TPSA) is 39.7 Å². The Balaban J connectivity index is 2.19. The molecular weight excluding hydrogens is 218 g/mol. The standard InChI is InChI=1S/C13H27NO3/c1-4-7-17-13-11(14-5-2)10-12(13)16-9-6-8-15-3/h11-14H,4-10H2,1-3H3. The molecule has 0 aromatic heterocycles. The predicted molar refractivity (Wildman–Crippen MR) is 68.3 cm³/mol. The zero-order valence-corrected chi connectivity index (χ0v) is 11.4. The number of hydrogen-bond acceptors (Lipinski definition) is 4. The molecular formula is C13H27NO3. The summed E-state index contributed by atoms with van der Waals surface area (Å²) in [7, 11) is 1.72. The molecule has 4 nitrogen and oxygen atoms in total. The SMILES string of the molecule is CCCOC1C(NCC)CC1OCCCOC. The Morgan fingerprint density at radius 1 is 1.12 bits per heavy atom.